The second kappa shape index (κ2) is 3.86. The number of ether oxygens (including phenoxy) is 1. The van der Waals surface area contributed by atoms with Crippen molar-refractivity contribution in [3.8, 4) is 0 Å². The van der Waals surface area contributed by atoms with Crippen LogP contribution in [0, 0.1) is 5.92 Å². The highest BCUT2D eigenvalue weighted by Gasteiger charge is 2.38. The van der Waals surface area contributed by atoms with Crippen molar-refractivity contribution in [3.63, 3.8) is 0 Å². The van der Waals surface area contributed by atoms with E-state index in [0.717, 1.165) is 25.7 Å². The van der Waals surface area contributed by atoms with Crippen molar-refractivity contribution in [2.45, 2.75) is 37.9 Å². The highest BCUT2D eigenvalue weighted by Crippen LogP contribution is 2.36. The van der Waals surface area contributed by atoms with Crippen LogP contribution >= 0.6 is 0 Å². The number of carbonyl (C=O) groups excluding carboxylic acids is 1. The third-order valence-corrected chi connectivity index (χ3v) is 3.33. The van der Waals surface area contributed by atoms with Crippen molar-refractivity contribution in [1.29, 1.82) is 0 Å². The largest absolute Gasteiger partial charge is 0.375 e. The quantitative estimate of drug-likeness (QED) is 0.772. The number of rotatable bonds is 2. The number of amides is 1. The molecule has 3 atom stereocenters. The lowest BCUT2D eigenvalue weighted by Gasteiger charge is -2.26. The predicted molar refractivity (Wildman–Crippen MR) is 55.6 cm³/mol. The summed E-state index contributed by atoms with van der Waals surface area (Å²) >= 11 is 0. The predicted octanol–water partition coefficient (Wildman–Crippen LogP) is 0.701. The molecule has 0 aliphatic carbocycles. The van der Waals surface area contributed by atoms with Crippen LogP contribution in [-0.2, 0) is 9.53 Å². The lowest BCUT2D eigenvalue weighted by molar-refractivity contribution is -0.125. The molecule has 6 nitrogen and oxygen atoms in total. The molecule has 1 aromatic heterocycles. The average Bonchev–Trinajstić information content (AvgIpc) is 2.89. The second-order valence-corrected chi connectivity index (χ2v) is 4.47. The second-order valence-electron chi connectivity index (χ2n) is 4.47. The van der Waals surface area contributed by atoms with Gasteiger partial charge in [-0.2, -0.15) is 10.3 Å². The van der Waals surface area contributed by atoms with Crippen molar-refractivity contribution in [2.24, 2.45) is 5.92 Å². The van der Waals surface area contributed by atoms with E-state index in [4.69, 9.17) is 4.74 Å². The van der Waals surface area contributed by atoms with Crippen LogP contribution in [0.2, 0.25) is 0 Å². The number of nitrogens with one attached hydrogen (secondary N) is 2. The number of H-pyrrole nitrogens is 1. The summed E-state index contributed by atoms with van der Waals surface area (Å²) in [6.07, 6.45) is 5.93. The highest BCUT2D eigenvalue weighted by molar-refractivity contribution is 5.91. The summed E-state index contributed by atoms with van der Waals surface area (Å²) in [5.74, 6) is 0.584. The van der Waals surface area contributed by atoms with Gasteiger partial charge in [-0.05, 0) is 25.7 Å². The minimum atomic E-state index is 0.0362. The first-order chi connectivity index (χ1) is 7.81. The minimum absolute atomic E-state index is 0.0362. The van der Waals surface area contributed by atoms with Crippen LogP contribution in [-0.4, -0.2) is 33.5 Å². The Morgan fingerprint density at radius 2 is 2.19 bits per heavy atom. The van der Waals surface area contributed by atoms with Gasteiger partial charge in [-0.15, -0.1) is 5.10 Å². The standard InChI is InChI=1S/C10H14N4O2/c15-10(12-9-5-11-14-13-9)6-3-7-1-2-8(4-6)16-7/h5-8H,1-4H2,(H2,11,12,13,14,15)/t6?,7-,8+. The number of carbonyl (C=O) groups is 1. The smallest absolute Gasteiger partial charge is 0.228 e. The van der Waals surface area contributed by atoms with Gasteiger partial charge in [0.25, 0.3) is 0 Å². The molecule has 2 N–H and O–H groups in total. The van der Waals surface area contributed by atoms with Crippen LogP contribution in [0.1, 0.15) is 25.7 Å². The molecule has 6 heteroatoms. The summed E-state index contributed by atoms with van der Waals surface area (Å²) in [5.41, 5.74) is 0. The van der Waals surface area contributed by atoms with Crippen LogP contribution in [0.5, 0.6) is 0 Å². The molecule has 0 radical (unpaired) electrons. The molecule has 3 rings (SSSR count). The molecule has 3 heterocycles. The zero-order valence-corrected chi connectivity index (χ0v) is 8.85. The monoisotopic (exact) mass is 222 g/mol. The van der Waals surface area contributed by atoms with E-state index in [1.807, 2.05) is 0 Å². The molecule has 16 heavy (non-hydrogen) atoms. The Hall–Kier alpha value is -1.43. The molecule has 0 saturated carbocycles. The number of fused-ring (bicyclic) bond motifs is 2. The van der Waals surface area contributed by atoms with Crippen molar-refractivity contribution in [2.75, 3.05) is 5.32 Å². The Balaban J connectivity index is 1.63. The first-order valence-corrected chi connectivity index (χ1v) is 5.63. The molecule has 1 aromatic rings. The molecule has 0 spiro atoms. The van der Waals surface area contributed by atoms with Gasteiger partial charge < -0.3 is 10.1 Å². The molecule has 2 fully saturated rings. The Kier molecular flexibility index (Phi) is 2.36. The van der Waals surface area contributed by atoms with Gasteiger partial charge in [0.2, 0.25) is 5.91 Å². The Labute approximate surface area is 92.7 Å². The number of aromatic amines is 1. The third kappa shape index (κ3) is 1.80. The molecular formula is C10H14N4O2. The van der Waals surface area contributed by atoms with Crippen LogP contribution in [0.3, 0.4) is 0 Å². The maximum absolute atomic E-state index is 11.9. The third-order valence-electron chi connectivity index (χ3n) is 3.33. The fourth-order valence-electron chi connectivity index (χ4n) is 2.56. The molecule has 1 unspecified atom stereocenters. The maximum Gasteiger partial charge on any atom is 0.228 e. The summed E-state index contributed by atoms with van der Waals surface area (Å²) in [5, 5.41) is 12.7. The molecule has 2 aliphatic heterocycles. The Morgan fingerprint density at radius 3 is 2.81 bits per heavy atom. The van der Waals surface area contributed by atoms with Crippen molar-refractivity contribution in [3.05, 3.63) is 6.20 Å². The van der Waals surface area contributed by atoms with Gasteiger partial charge in [-0.1, -0.05) is 0 Å². The van der Waals surface area contributed by atoms with E-state index < -0.39 is 0 Å². The molecule has 1 amide bonds. The van der Waals surface area contributed by atoms with E-state index in [1.165, 1.54) is 6.20 Å². The SMILES string of the molecule is O=C(Nc1cn[nH]n1)C1C[C@H]2CC[C@@H](C1)O2. The van der Waals surface area contributed by atoms with Crippen molar-refractivity contribution >= 4 is 11.7 Å². The number of hydrogen-bond acceptors (Lipinski definition) is 4. The van der Waals surface area contributed by atoms with Gasteiger partial charge in [0.05, 0.1) is 18.4 Å². The van der Waals surface area contributed by atoms with Crippen LogP contribution in [0.4, 0.5) is 5.82 Å². The van der Waals surface area contributed by atoms with Crippen LogP contribution < -0.4 is 5.32 Å². The van der Waals surface area contributed by atoms with E-state index in [2.05, 4.69) is 20.7 Å². The highest BCUT2D eigenvalue weighted by atomic mass is 16.5. The molecule has 2 saturated heterocycles. The van der Waals surface area contributed by atoms with Gasteiger partial charge in [0.1, 0.15) is 0 Å². The van der Waals surface area contributed by atoms with E-state index >= 15 is 0 Å². The number of nitrogens with zero attached hydrogens (tertiary/aromatic N) is 2. The topological polar surface area (TPSA) is 79.9 Å². The zero-order chi connectivity index (χ0) is 11.0. The van der Waals surface area contributed by atoms with Gasteiger partial charge in [-0.25, -0.2) is 0 Å². The number of hydrogen-bond donors (Lipinski definition) is 2. The maximum atomic E-state index is 11.9. The fraction of sp³-hybridized carbons (Fsp3) is 0.700. The van der Waals surface area contributed by atoms with E-state index in [9.17, 15) is 4.79 Å². The first kappa shape index (κ1) is 9.77. The van der Waals surface area contributed by atoms with Crippen molar-refractivity contribution < 1.29 is 9.53 Å². The van der Waals surface area contributed by atoms with E-state index in [0.29, 0.717) is 5.82 Å². The summed E-state index contributed by atoms with van der Waals surface area (Å²) in [4.78, 5) is 11.9. The lowest BCUT2D eigenvalue weighted by atomic mass is 9.95. The minimum Gasteiger partial charge on any atom is -0.375 e. The summed E-state index contributed by atoms with van der Waals surface area (Å²) in [6, 6.07) is 0. The fourth-order valence-corrected chi connectivity index (χ4v) is 2.56. The summed E-state index contributed by atoms with van der Waals surface area (Å²) < 4.78 is 5.70. The van der Waals surface area contributed by atoms with Gasteiger partial charge >= 0.3 is 0 Å². The van der Waals surface area contributed by atoms with Gasteiger partial charge in [0, 0.05) is 5.92 Å². The van der Waals surface area contributed by atoms with E-state index in [-0.39, 0.29) is 24.0 Å². The van der Waals surface area contributed by atoms with Crippen LogP contribution in [0.25, 0.3) is 0 Å². The molecule has 86 valence electrons. The Bertz CT molecular complexity index is 366. The van der Waals surface area contributed by atoms with Crippen molar-refractivity contribution in [1.82, 2.24) is 15.4 Å². The molecular weight excluding hydrogens is 208 g/mol. The lowest BCUT2D eigenvalue weighted by Crippen LogP contribution is -2.33. The number of anilines is 1. The first-order valence-electron chi connectivity index (χ1n) is 5.63. The molecule has 2 aliphatic rings. The zero-order valence-electron chi connectivity index (χ0n) is 8.85. The summed E-state index contributed by atoms with van der Waals surface area (Å²) in [7, 11) is 0. The van der Waals surface area contributed by atoms with Crippen LogP contribution in [0.15, 0.2) is 6.20 Å². The average molecular weight is 222 g/mol. The van der Waals surface area contributed by atoms with E-state index in [1.54, 1.807) is 0 Å². The summed E-state index contributed by atoms with van der Waals surface area (Å²) in [6.45, 7) is 0. The Morgan fingerprint density at radius 1 is 1.44 bits per heavy atom. The molecule has 0 aromatic carbocycles. The van der Waals surface area contributed by atoms with Gasteiger partial charge in [-0.3, -0.25) is 4.79 Å². The number of aromatic nitrogens is 3. The normalized spacial score (nSPS) is 32.6. The van der Waals surface area contributed by atoms with Gasteiger partial charge in [0.15, 0.2) is 5.82 Å². The molecule has 2 bridgehead atoms.